The highest BCUT2D eigenvalue weighted by atomic mass is 32.2. The number of para-hydroxylation sites is 2. The van der Waals surface area contributed by atoms with Crippen LogP contribution in [-0.4, -0.2) is 282 Å². The maximum absolute atomic E-state index is 15.7. The lowest BCUT2D eigenvalue weighted by Gasteiger charge is -2.35. The smallest absolute Gasteiger partial charge is 0.246 e. The van der Waals surface area contributed by atoms with Gasteiger partial charge < -0.3 is 99.0 Å². The van der Waals surface area contributed by atoms with Crippen molar-refractivity contribution in [3.05, 3.63) is 126 Å². The molecule has 0 bridgehead atoms. The summed E-state index contributed by atoms with van der Waals surface area (Å²) in [7, 11) is 4.04. The van der Waals surface area contributed by atoms with E-state index in [1.54, 1.807) is 73.1 Å². The number of aliphatic hydroxyl groups excluding tert-OH is 1. The van der Waals surface area contributed by atoms with Gasteiger partial charge in [-0.1, -0.05) is 100 Å². The number of nitrogens with two attached hydrogens (primary N) is 3. The third-order valence-corrected chi connectivity index (χ3v) is 25.3. The molecule has 3 aliphatic heterocycles. The van der Waals surface area contributed by atoms with Crippen molar-refractivity contribution in [2.24, 2.45) is 46.8 Å². The molecule has 6 aromatic rings. The fourth-order valence-corrected chi connectivity index (χ4v) is 18.0. The summed E-state index contributed by atoms with van der Waals surface area (Å²) in [5.41, 5.74) is 20.3. The first-order valence-corrected chi connectivity index (χ1v) is 45.4. The fourth-order valence-electron chi connectivity index (χ4n) is 17.1. The monoisotopic (exact) mass is 1820 g/mol. The van der Waals surface area contributed by atoms with Crippen LogP contribution in [0.2, 0.25) is 0 Å². The number of thioether (sulfide) groups is 1. The standard InChI is InChI=1S/C91H124N20O18S/c1-8-9-27-73-90(129)111-32-19-29-72(111)76(115)38-55(22-17-30-97-91(94)95)83(122)106-70(85(124)100-46-79(93)118)49-130-50-81(120)103-67(34-54-20-11-10-12-21-54)87(126)108(6)53(4)82(121)104-69(42-78(92)117)89(128)110-31-18-28-71(110)77(116)39-56(35-61-45-96-51-101-61)74(113)40-57(33-52(2)3)86(125)107(5)47-80(119)102-66(36-58-43-98-64-25-15-13-23-62(58)64)75(114)41-60(48-112)84(123)105-68(88(127)109(73)7)37-59-44-99-65-26-16-14-24-63(59)65/h10-16,20-21,23-26,43-45,51-53,55-57,60,66-73,98-99,112H,8-9,17-19,22,27-42,46-50H2,1-7H3,(H2,92,117)(H2,93,118)(H,96,101)(H,100,124)(H,102,119)(H,103,120)(H,104,121)(H,105,123)(H,106,122)(H4,94,95,97)/t53-,55+,56+,57+,60-,66-,67-,68-,69-,70-,71-,72+,73-/m0/s1. The van der Waals surface area contributed by atoms with Gasteiger partial charge in [0, 0.05) is 155 Å². The van der Waals surface area contributed by atoms with Crippen LogP contribution in [0, 0.1) is 35.0 Å². The number of fused-ring (bicyclic) bond motifs is 4. The van der Waals surface area contributed by atoms with Gasteiger partial charge in [-0.15, -0.1) is 11.8 Å². The molecule has 0 unspecified atom stereocenters. The number of nitrogens with zero attached hydrogens (tertiary/aromatic N) is 6. The average Bonchev–Trinajstić information content (AvgIpc) is 1.11. The maximum atomic E-state index is 15.7. The first kappa shape index (κ1) is 101. The number of ketones is 4. The molecule has 3 fully saturated rings. The lowest BCUT2D eigenvalue weighted by atomic mass is 9.83. The number of Topliss-reactive ketones (excluding diaryl/α,β-unsaturated/α-hetero) is 4. The van der Waals surface area contributed by atoms with Crippen LogP contribution in [0.1, 0.15) is 146 Å². The lowest BCUT2D eigenvalue weighted by molar-refractivity contribution is -0.149. The highest BCUT2D eigenvalue weighted by Gasteiger charge is 2.45. The third-order valence-electron chi connectivity index (χ3n) is 24.2. The van der Waals surface area contributed by atoms with Crippen LogP contribution < -0.4 is 54.4 Å². The van der Waals surface area contributed by atoms with E-state index < -0.39 is 236 Å². The minimum atomic E-state index is -1.69. The summed E-state index contributed by atoms with van der Waals surface area (Å²) in [5.74, 6) is -19.8. The van der Waals surface area contributed by atoms with E-state index >= 15 is 28.8 Å². The van der Waals surface area contributed by atoms with Gasteiger partial charge in [0.1, 0.15) is 42.0 Å². The number of guanidine groups is 1. The normalized spacial score (nSPS) is 24.3. The van der Waals surface area contributed by atoms with Crippen LogP contribution in [0.4, 0.5) is 0 Å². The second-order valence-electron chi connectivity index (χ2n) is 34.5. The minimum Gasteiger partial charge on any atom is -0.396 e. The number of hydrogen-bond donors (Lipinski definition) is 15. The highest BCUT2D eigenvalue weighted by molar-refractivity contribution is 8.00. The van der Waals surface area contributed by atoms with Crippen molar-refractivity contribution in [1.82, 2.24) is 81.7 Å². The molecular formula is C91H124N20O18S. The molecule has 3 aliphatic rings. The van der Waals surface area contributed by atoms with Gasteiger partial charge in [0.2, 0.25) is 76.8 Å². The summed E-state index contributed by atoms with van der Waals surface area (Å²) in [5, 5.41) is 39.1. The molecule has 0 radical (unpaired) electrons. The molecule has 13 atom stereocenters. The minimum absolute atomic E-state index is 0.0302. The van der Waals surface area contributed by atoms with Crippen molar-refractivity contribution in [2.75, 3.05) is 72.0 Å². The van der Waals surface area contributed by atoms with Crippen molar-refractivity contribution in [3.8, 4) is 0 Å². The van der Waals surface area contributed by atoms with Crippen LogP contribution in [0.3, 0.4) is 0 Å². The number of rotatable bonds is 23. The molecule has 0 spiro atoms. The largest absolute Gasteiger partial charge is 0.396 e. The van der Waals surface area contributed by atoms with Gasteiger partial charge in [-0.3, -0.25) is 86.9 Å². The van der Waals surface area contributed by atoms with Crippen molar-refractivity contribution < 1.29 is 86.6 Å². The molecule has 130 heavy (non-hydrogen) atoms. The number of carbonyl (C=O) groups is 17. The Kier molecular flexibility index (Phi) is 37.8. The van der Waals surface area contributed by atoms with E-state index in [9.17, 15) is 57.8 Å². The SMILES string of the molecule is CCCC[C@H]1C(=O)N2CCC[C@@H]2C(=O)C[C@@H](CCCNC(=N)N)C(=O)N[C@H](C(=O)NCC(N)=O)CSCC(=O)N[C@@H](Cc2ccccc2)C(=O)N(C)[C@@H](C)C(=O)N[C@@H](CC(N)=O)C(=O)N2CCC[C@H]2C(=O)C[C@@H](Cc2cnc[nH]2)C(=O)C[C@@H](CC(C)C)C(=O)N(C)CC(=O)N[C@@H](Cc2c[nH]c3ccccc23)C(=O)C[C@@H](CO)C(=O)N[C@@H](Cc2c[nH]c3ccccc23)C(=O)N1C. The summed E-state index contributed by atoms with van der Waals surface area (Å²) < 4.78 is 0. The van der Waals surface area contributed by atoms with E-state index in [4.69, 9.17) is 22.6 Å². The topological polar surface area (TPSA) is 573 Å². The molecule has 38 nitrogen and oxygen atoms in total. The maximum Gasteiger partial charge on any atom is 0.246 e. The Bertz CT molecular complexity index is 5040. The number of aromatic nitrogens is 4. The molecule has 6 heterocycles. The Morgan fingerprint density at radius 1 is 0.569 bits per heavy atom. The summed E-state index contributed by atoms with van der Waals surface area (Å²) in [6.45, 7) is 4.68. The number of unbranched alkanes of at least 4 members (excludes halogenated alkanes) is 1. The molecule has 0 saturated carbocycles. The third kappa shape index (κ3) is 28.4. The Morgan fingerprint density at radius 3 is 1.72 bits per heavy atom. The number of nitrogens with one attached hydrogen (secondary N) is 11. The molecule has 18 N–H and O–H groups in total. The van der Waals surface area contributed by atoms with E-state index in [-0.39, 0.29) is 108 Å². The first-order valence-electron chi connectivity index (χ1n) is 44.3. The molecule has 3 saturated heterocycles. The molecule has 702 valence electrons. The summed E-state index contributed by atoms with van der Waals surface area (Å²) in [6, 6.07) is 10.3. The summed E-state index contributed by atoms with van der Waals surface area (Å²) in [4.78, 5) is 268. The fraction of sp³-hybridized carbons (Fsp3) is 0.527. The first-order chi connectivity index (χ1) is 62.0. The van der Waals surface area contributed by atoms with Crippen molar-refractivity contribution in [1.29, 1.82) is 5.41 Å². The average molecular weight is 1820 g/mol. The quantitative estimate of drug-likeness (QED) is 0.0243. The second kappa shape index (κ2) is 48.6. The number of H-pyrrole nitrogens is 3. The second-order valence-corrected chi connectivity index (χ2v) is 35.5. The number of aliphatic hydroxyl groups is 1. The van der Waals surface area contributed by atoms with Gasteiger partial charge >= 0.3 is 0 Å². The van der Waals surface area contributed by atoms with Gasteiger partial charge in [-0.2, -0.15) is 0 Å². The van der Waals surface area contributed by atoms with Gasteiger partial charge in [0.05, 0.1) is 62.2 Å². The van der Waals surface area contributed by atoms with Gasteiger partial charge in [-0.25, -0.2) is 4.98 Å². The number of hydrogen-bond acceptors (Lipinski definition) is 21. The van der Waals surface area contributed by atoms with Crippen LogP contribution >= 0.6 is 11.8 Å². The number of carbonyl (C=O) groups excluding carboxylic acids is 17. The molecule has 39 heteroatoms. The zero-order chi connectivity index (χ0) is 94.6. The number of likely N-dealkylation sites (N-methyl/N-ethyl adjacent to an activating group) is 3. The Hall–Kier alpha value is -12.7. The van der Waals surface area contributed by atoms with Crippen LogP contribution in [-0.2, 0) is 107 Å². The molecule has 3 aromatic heterocycles. The number of benzene rings is 3. The van der Waals surface area contributed by atoms with E-state index in [0.29, 0.717) is 63.5 Å². The molecule has 13 amide bonds. The molecule has 9 rings (SSSR count). The highest BCUT2D eigenvalue weighted by Crippen LogP contribution is 2.32. The lowest BCUT2D eigenvalue weighted by Crippen LogP contribution is -2.58. The van der Waals surface area contributed by atoms with Crippen LogP contribution in [0.15, 0.2) is 104 Å². The van der Waals surface area contributed by atoms with Crippen LogP contribution in [0.25, 0.3) is 21.8 Å². The molecular weight excluding hydrogens is 1690 g/mol. The van der Waals surface area contributed by atoms with Crippen molar-refractivity contribution in [2.45, 2.75) is 204 Å². The van der Waals surface area contributed by atoms with Crippen LogP contribution in [0.5, 0.6) is 0 Å². The van der Waals surface area contributed by atoms with E-state index in [2.05, 4.69) is 57.2 Å². The summed E-state index contributed by atoms with van der Waals surface area (Å²) in [6.07, 6.45) is 4.79. The Balaban J connectivity index is 1.07. The Labute approximate surface area is 758 Å². The van der Waals surface area contributed by atoms with Crippen molar-refractivity contribution >= 4 is 139 Å². The van der Waals surface area contributed by atoms with E-state index in [0.717, 1.165) is 21.6 Å². The van der Waals surface area contributed by atoms with Gasteiger partial charge in [0.15, 0.2) is 23.3 Å². The molecule has 0 aliphatic carbocycles. The number of amides is 13. The number of primary amides is 2. The number of imidazole rings is 1. The van der Waals surface area contributed by atoms with Gasteiger partial charge in [-0.05, 0) is 99.5 Å². The summed E-state index contributed by atoms with van der Waals surface area (Å²) >= 11 is 0.828. The van der Waals surface area contributed by atoms with E-state index in [1.165, 1.54) is 55.3 Å². The predicted molar refractivity (Wildman–Crippen MR) is 483 cm³/mol. The zero-order valence-electron chi connectivity index (χ0n) is 74.7. The Morgan fingerprint density at radius 2 is 1.13 bits per heavy atom. The van der Waals surface area contributed by atoms with E-state index in [1.807, 2.05) is 39.0 Å². The zero-order valence-corrected chi connectivity index (χ0v) is 75.5. The molecule has 3 aromatic carbocycles. The van der Waals surface area contributed by atoms with Gasteiger partial charge in [0.25, 0.3) is 0 Å². The predicted octanol–water partition coefficient (Wildman–Crippen LogP) is 1.20. The number of aromatic amines is 3. The van der Waals surface area contributed by atoms with Crippen molar-refractivity contribution in [3.63, 3.8) is 0 Å².